The average molecular weight is 694 g/mol. The molecule has 0 aliphatic heterocycles. The lowest BCUT2D eigenvalue weighted by Gasteiger charge is -2.29. The first-order chi connectivity index (χ1) is 26.3. The first-order valence-corrected chi connectivity index (χ1v) is 19.0. The summed E-state index contributed by atoms with van der Waals surface area (Å²) in [5.74, 6) is 0. The molecule has 0 saturated carbocycles. The first kappa shape index (κ1) is 31.2. The molecule has 0 amide bonds. The van der Waals surface area contributed by atoms with Gasteiger partial charge in [-0.05, 0) is 109 Å². The molecule has 0 saturated heterocycles. The molecule has 0 radical (unpaired) electrons. The van der Waals surface area contributed by atoms with Gasteiger partial charge in [0, 0.05) is 27.6 Å². The Morgan fingerprint density at radius 1 is 0.389 bits per heavy atom. The zero-order chi connectivity index (χ0) is 36.3. The second-order valence-corrected chi connectivity index (χ2v) is 16.1. The Bertz CT molecular complexity index is 3000. The van der Waals surface area contributed by atoms with Crippen molar-refractivity contribution in [2.75, 3.05) is 4.90 Å². The van der Waals surface area contributed by atoms with Crippen molar-refractivity contribution in [1.29, 1.82) is 0 Å². The highest BCUT2D eigenvalue weighted by Crippen LogP contribution is 2.54. The van der Waals surface area contributed by atoms with Gasteiger partial charge in [-0.1, -0.05) is 149 Å². The second-order valence-electron chi connectivity index (χ2n) is 16.1. The lowest BCUT2D eigenvalue weighted by molar-refractivity contribution is 0.660. The fourth-order valence-electron chi connectivity index (χ4n) is 9.81. The quantitative estimate of drug-likeness (QED) is 0.182. The van der Waals surface area contributed by atoms with Gasteiger partial charge in [0.05, 0.1) is 11.1 Å². The van der Waals surface area contributed by atoms with Gasteiger partial charge in [-0.25, -0.2) is 0 Å². The maximum atomic E-state index is 6.86. The van der Waals surface area contributed by atoms with Gasteiger partial charge in [0.15, 0.2) is 0 Å². The lowest BCUT2D eigenvalue weighted by Crippen LogP contribution is -2.17. The smallest absolute Gasteiger partial charge is 0.137 e. The number of fused-ring (bicyclic) bond motifs is 11. The molecule has 11 rings (SSSR count). The average Bonchev–Trinajstić information content (AvgIpc) is 3.78. The normalized spacial score (nSPS) is 14.6. The van der Waals surface area contributed by atoms with E-state index in [-0.39, 0.29) is 10.8 Å². The van der Waals surface area contributed by atoms with E-state index in [9.17, 15) is 0 Å². The van der Waals surface area contributed by atoms with Crippen molar-refractivity contribution in [3.63, 3.8) is 0 Å². The van der Waals surface area contributed by atoms with Gasteiger partial charge >= 0.3 is 0 Å². The van der Waals surface area contributed by atoms with Gasteiger partial charge in [0.2, 0.25) is 0 Å². The molecule has 0 fully saturated rings. The molecule has 2 aliphatic carbocycles. The lowest BCUT2D eigenvalue weighted by atomic mass is 9.82. The third kappa shape index (κ3) is 4.23. The topological polar surface area (TPSA) is 16.4 Å². The standard InChI is InChI=1S/C52H39NO/c1-51(2)43-22-13-11-19-37(43)41-29-33(26-28-44(41)51)53(34-25-27-38-36-18-10-12-21-42(36)52(3,4)45(38)30-34)46-23-14-24-47-50(46)49-39-20-9-8-17-35(39)40(31-48(49)54-47)32-15-6-5-7-16-32/h5-31H,1-4H3. The van der Waals surface area contributed by atoms with Crippen LogP contribution in [0.3, 0.4) is 0 Å². The van der Waals surface area contributed by atoms with E-state index in [0.29, 0.717) is 0 Å². The Kier molecular flexibility index (Phi) is 6.39. The molecule has 2 heteroatoms. The van der Waals surface area contributed by atoms with Gasteiger partial charge < -0.3 is 9.32 Å². The second kappa shape index (κ2) is 11.1. The summed E-state index contributed by atoms with van der Waals surface area (Å²) in [5, 5.41) is 4.67. The van der Waals surface area contributed by atoms with E-state index in [1.165, 1.54) is 66.4 Å². The summed E-state index contributed by atoms with van der Waals surface area (Å²) >= 11 is 0. The molecule has 258 valence electrons. The molecule has 54 heavy (non-hydrogen) atoms. The molecule has 1 heterocycles. The molecule has 0 spiro atoms. The third-order valence-electron chi connectivity index (χ3n) is 12.5. The third-order valence-corrected chi connectivity index (χ3v) is 12.5. The SMILES string of the molecule is CC1(C)c2ccccc2-c2cc(N(c3ccc4c(c3)C(C)(C)c3ccccc3-4)c3cccc4oc5cc(-c6ccccc6)c6ccccc6c5c34)ccc21. The van der Waals surface area contributed by atoms with Crippen LogP contribution in [0.5, 0.6) is 0 Å². The Morgan fingerprint density at radius 2 is 0.981 bits per heavy atom. The molecular formula is C52H39NO. The Morgan fingerprint density at radius 3 is 1.76 bits per heavy atom. The molecule has 0 atom stereocenters. The van der Waals surface area contributed by atoms with Gasteiger partial charge in [0.1, 0.15) is 11.2 Å². The van der Waals surface area contributed by atoms with Crippen LogP contribution in [0.2, 0.25) is 0 Å². The van der Waals surface area contributed by atoms with Gasteiger partial charge in [-0.3, -0.25) is 0 Å². The van der Waals surface area contributed by atoms with Gasteiger partial charge in [-0.15, -0.1) is 0 Å². The van der Waals surface area contributed by atoms with E-state index in [4.69, 9.17) is 4.42 Å². The van der Waals surface area contributed by atoms with Crippen molar-refractivity contribution < 1.29 is 4.42 Å². The van der Waals surface area contributed by atoms with E-state index < -0.39 is 0 Å². The Balaban J connectivity index is 1.21. The zero-order valence-electron chi connectivity index (χ0n) is 30.9. The Hall–Kier alpha value is -6.38. The summed E-state index contributed by atoms with van der Waals surface area (Å²) in [6.07, 6.45) is 0. The van der Waals surface area contributed by atoms with Crippen LogP contribution in [0.15, 0.2) is 168 Å². The van der Waals surface area contributed by atoms with Crippen LogP contribution in [0, 0.1) is 0 Å². The fourth-order valence-corrected chi connectivity index (χ4v) is 9.81. The molecule has 0 bridgehead atoms. The minimum Gasteiger partial charge on any atom is -0.456 e. The van der Waals surface area contributed by atoms with E-state index in [0.717, 1.165) is 39.0 Å². The van der Waals surface area contributed by atoms with Crippen molar-refractivity contribution >= 4 is 49.8 Å². The van der Waals surface area contributed by atoms with Crippen LogP contribution >= 0.6 is 0 Å². The van der Waals surface area contributed by atoms with Crippen LogP contribution in [0.25, 0.3) is 66.1 Å². The van der Waals surface area contributed by atoms with Crippen molar-refractivity contribution in [3.8, 4) is 33.4 Å². The highest BCUT2D eigenvalue weighted by Gasteiger charge is 2.38. The van der Waals surface area contributed by atoms with Crippen molar-refractivity contribution in [2.24, 2.45) is 0 Å². The molecule has 9 aromatic rings. The predicted molar refractivity (Wildman–Crippen MR) is 226 cm³/mol. The summed E-state index contributed by atoms with van der Waals surface area (Å²) in [6.45, 7) is 9.42. The summed E-state index contributed by atoms with van der Waals surface area (Å²) < 4.78 is 6.86. The summed E-state index contributed by atoms with van der Waals surface area (Å²) in [6, 6.07) is 60.2. The van der Waals surface area contributed by atoms with Crippen molar-refractivity contribution in [1.82, 2.24) is 0 Å². The molecule has 0 N–H and O–H groups in total. The van der Waals surface area contributed by atoms with E-state index in [1.807, 2.05) is 0 Å². The van der Waals surface area contributed by atoms with Crippen LogP contribution < -0.4 is 4.90 Å². The first-order valence-electron chi connectivity index (χ1n) is 19.0. The summed E-state index contributed by atoms with van der Waals surface area (Å²) in [5.41, 5.74) is 18.0. The maximum Gasteiger partial charge on any atom is 0.137 e. The summed E-state index contributed by atoms with van der Waals surface area (Å²) in [4.78, 5) is 2.48. The number of nitrogens with zero attached hydrogens (tertiary/aromatic N) is 1. The number of anilines is 3. The van der Waals surface area contributed by atoms with Crippen LogP contribution in [0.1, 0.15) is 49.9 Å². The van der Waals surface area contributed by atoms with Crippen LogP contribution in [0.4, 0.5) is 17.1 Å². The molecule has 2 nitrogen and oxygen atoms in total. The molecule has 2 aliphatic rings. The maximum absolute atomic E-state index is 6.86. The van der Waals surface area contributed by atoms with Crippen molar-refractivity contribution in [3.05, 3.63) is 186 Å². The number of furan rings is 1. The summed E-state index contributed by atoms with van der Waals surface area (Å²) in [7, 11) is 0. The number of benzene rings is 8. The van der Waals surface area contributed by atoms with Crippen molar-refractivity contribution in [2.45, 2.75) is 38.5 Å². The molecule has 8 aromatic carbocycles. The van der Waals surface area contributed by atoms with Crippen LogP contribution in [-0.2, 0) is 10.8 Å². The van der Waals surface area contributed by atoms with E-state index in [1.54, 1.807) is 0 Å². The van der Waals surface area contributed by atoms with Gasteiger partial charge in [0.25, 0.3) is 0 Å². The van der Waals surface area contributed by atoms with Crippen LogP contribution in [-0.4, -0.2) is 0 Å². The molecule has 0 unspecified atom stereocenters. The minimum atomic E-state index is -0.132. The minimum absolute atomic E-state index is 0.0746. The van der Waals surface area contributed by atoms with Gasteiger partial charge in [-0.2, -0.15) is 0 Å². The highest BCUT2D eigenvalue weighted by molar-refractivity contribution is 6.25. The highest BCUT2D eigenvalue weighted by atomic mass is 16.3. The Labute approximate surface area is 315 Å². The number of hydrogen-bond donors (Lipinski definition) is 0. The monoisotopic (exact) mass is 693 g/mol. The van der Waals surface area contributed by atoms with E-state index >= 15 is 0 Å². The fraction of sp³-hybridized carbons (Fsp3) is 0.115. The zero-order valence-corrected chi connectivity index (χ0v) is 30.9. The molecule has 1 aromatic heterocycles. The van der Waals surface area contributed by atoms with E-state index in [2.05, 4.69) is 196 Å². The number of hydrogen-bond acceptors (Lipinski definition) is 2. The largest absolute Gasteiger partial charge is 0.456 e. The number of rotatable bonds is 4. The molecular weight excluding hydrogens is 655 g/mol. The predicted octanol–water partition coefficient (Wildman–Crippen LogP) is 14.5.